The number of rotatable bonds is 4. The maximum Gasteiger partial charge on any atom is 0.253 e. The molecule has 0 radical (unpaired) electrons. The molecule has 6 nitrogen and oxygen atoms in total. The molecule has 0 unspecified atom stereocenters. The van der Waals surface area contributed by atoms with Crippen molar-refractivity contribution in [2.24, 2.45) is 0 Å². The number of carbonyl (C=O) groups excluding carboxylic acids is 1. The van der Waals surface area contributed by atoms with Crippen LogP contribution in [-0.2, 0) is 4.74 Å². The van der Waals surface area contributed by atoms with Crippen molar-refractivity contribution in [1.82, 2.24) is 19.7 Å². The molecule has 2 fully saturated rings. The Bertz CT molecular complexity index is 830. The van der Waals surface area contributed by atoms with Gasteiger partial charge in [0.25, 0.3) is 5.91 Å². The minimum Gasteiger partial charge on any atom is -0.378 e. The number of likely N-dealkylation sites (N-methyl/N-ethyl adjacent to an activating group) is 1. The van der Waals surface area contributed by atoms with E-state index in [4.69, 9.17) is 4.74 Å². The molecule has 0 aliphatic carbocycles. The Morgan fingerprint density at radius 2 is 2.04 bits per heavy atom. The number of pyridine rings is 1. The molecule has 3 heterocycles. The number of likely N-dealkylation sites (tertiary alicyclic amines) is 1. The normalized spacial score (nSPS) is 20.2. The summed E-state index contributed by atoms with van der Waals surface area (Å²) in [5.41, 5.74) is 1.76. The summed E-state index contributed by atoms with van der Waals surface area (Å²) in [6.45, 7) is 6.25. The third kappa shape index (κ3) is 3.90. The first-order valence-corrected chi connectivity index (χ1v) is 10.2. The summed E-state index contributed by atoms with van der Waals surface area (Å²) < 4.78 is 5.86. The topological polar surface area (TPSA) is 48.9 Å². The molecule has 2 saturated heterocycles. The number of benzene rings is 1. The Balaban J connectivity index is 1.44. The van der Waals surface area contributed by atoms with Crippen LogP contribution in [0.5, 0.6) is 0 Å². The number of aromatic nitrogens is 1. The molecule has 2 aliphatic heterocycles. The Morgan fingerprint density at radius 3 is 2.82 bits per heavy atom. The SMILES string of the molecule is CN(C)CCN1CCOCC12CCN(C(=O)c1ccc3ncccc3c1)CC2. The van der Waals surface area contributed by atoms with Crippen LogP contribution in [0.25, 0.3) is 10.9 Å². The second-order valence-corrected chi connectivity index (χ2v) is 8.27. The fourth-order valence-electron chi connectivity index (χ4n) is 4.41. The van der Waals surface area contributed by atoms with Crippen LogP contribution in [-0.4, -0.2) is 91.2 Å². The van der Waals surface area contributed by atoms with Crippen LogP contribution >= 0.6 is 0 Å². The van der Waals surface area contributed by atoms with Crippen molar-refractivity contribution in [1.29, 1.82) is 0 Å². The molecular formula is C22H30N4O2. The molecule has 0 bridgehead atoms. The number of morpholine rings is 1. The van der Waals surface area contributed by atoms with Crippen molar-refractivity contribution in [3.8, 4) is 0 Å². The van der Waals surface area contributed by atoms with Gasteiger partial charge in [-0.2, -0.15) is 0 Å². The first-order chi connectivity index (χ1) is 13.6. The first-order valence-electron chi connectivity index (χ1n) is 10.2. The number of hydrogen-bond acceptors (Lipinski definition) is 5. The van der Waals surface area contributed by atoms with E-state index in [2.05, 4.69) is 28.9 Å². The Labute approximate surface area is 167 Å². The number of piperidine rings is 1. The molecule has 2 aromatic rings. The number of ether oxygens (including phenoxy) is 1. The van der Waals surface area contributed by atoms with Crippen molar-refractivity contribution in [2.75, 3.05) is 60.0 Å². The minimum absolute atomic E-state index is 0.0817. The van der Waals surface area contributed by atoms with Gasteiger partial charge in [-0.3, -0.25) is 14.7 Å². The number of amides is 1. The van der Waals surface area contributed by atoms with Crippen LogP contribution in [0.4, 0.5) is 0 Å². The smallest absolute Gasteiger partial charge is 0.253 e. The average Bonchev–Trinajstić information content (AvgIpc) is 2.73. The molecule has 1 aromatic heterocycles. The molecule has 0 atom stereocenters. The van der Waals surface area contributed by atoms with Gasteiger partial charge in [-0.25, -0.2) is 0 Å². The molecular weight excluding hydrogens is 352 g/mol. The highest BCUT2D eigenvalue weighted by atomic mass is 16.5. The molecule has 2 aliphatic rings. The van der Waals surface area contributed by atoms with Gasteiger partial charge in [0.15, 0.2) is 0 Å². The monoisotopic (exact) mass is 382 g/mol. The van der Waals surface area contributed by atoms with E-state index in [9.17, 15) is 4.79 Å². The van der Waals surface area contributed by atoms with Gasteiger partial charge in [0.05, 0.1) is 18.7 Å². The zero-order valence-corrected chi connectivity index (χ0v) is 16.9. The highest BCUT2D eigenvalue weighted by Crippen LogP contribution is 2.32. The van der Waals surface area contributed by atoms with Crippen LogP contribution < -0.4 is 0 Å². The maximum atomic E-state index is 13.1. The van der Waals surface area contributed by atoms with Gasteiger partial charge in [-0.1, -0.05) is 6.07 Å². The molecule has 0 N–H and O–H groups in total. The molecule has 4 rings (SSSR count). The van der Waals surface area contributed by atoms with E-state index in [-0.39, 0.29) is 11.4 Å². The Morgan fingerprint density at radius 1 is 1.21 bits per heavy atom. The summed E-state index contributed by atoms with van der Waals surface area (Å²) in [6, 6.07) is 9.71. The van der Waals surface area contributed by atoms with Crippen molar-refractivity contribution < 1.29 is 9.53 Å². The molecule has 0 saturated carbocycles. The summed E-state index contributed by atoms with van der Waals surface area (Å²) in [7, 11) is 4.24. The van der Waals surface area contributed by atoms with Gasteiger partial charge in [0.1, 0.15) is 0 Å². The predicted octanol–water partition coefficient (Wildman–Crippen LogP) is 2.10. The minimum atomic E-state index is 0.0817. The van der Waals surface area contributed by atoms with E-state index in [1.54, 1.807) is 6.20 Å². The number of carbonyl (C=O) groups is 1. The third-order valence-corrected chi connectivity index (χ3v) is 6.20. The van der Waals surface area contributed by atoms with E-state index in [0.717, 1.165) is 75.2 Å². The Kier molecular flexibility index (Phi) is 5.62. The quantitative estimate of drug-likeness (QED) is 0.811. The standard InChI is InChI=1S/C22H30N4O2/c1-24(2)12-13-26-14-15-28-17-22(26)7-10-25(11-8-22)21(27)19-5-6-20-18(16-19)4-3-9-23-20/h3-6,9,16H,7-8,10-15,17H2,1-2H3. The molecule has 28 heavy (non-hydrogen) atoms. The van der Waals surface area contributed by atoms with Crippen molar-refractivity contribution in [2.45, 2.75) is 18.4 Å². The Hall–Kier alpha value is -2.02. The lowest BCUT2D eigenvalue weighted by Crippen LogP contribution is -2.62. The van der Waals surface area contributed by atoms with Crippen LogP contribution in [0.15, 0.2) is 36.5 Å². The maximum absolute atomic E-state index is 13.1. The van der Waals surface area contributed by atoms with Crippen LogP contribution in [0.3, 0.4) is 0 Å². The summed E-state index contributed by atoms with van der Waals surface area (Å²) in [5, 5.41) is 1.01. The zero-order chi connectivity index (χ0) is 19.6. The van der Waals surface area contributed by atoms with Crippen molar-refractivity contribution >= 4 is 16.8 Å². The largest absolute Gasteiger partial charge is 0.378 e. The summed E-state index contributed by atoms with van der Waals surface area (Å²) >= 11 is 0. The molecule has 1 spiro atoms. The molecule has 150 valence electrons. The van der Waals surface area contributed by atoms with E-state index in [1.165, 1.54) is 0 Å². The lowest BCUT2D eigenvalue weighted by molar-refractivity contribution is -0.0927. The first kappa shape index (κ1) is 19.3. The van der Waals surface area contributed by atoms with E-state index in [1.807, 2.05) is 35.2 Å². The second-order valence-electron chi connectivity index (χ2n) is 8.27. The van der Waals surface area contributed by atoms with Gasteiger partial charge in [-0.05, 0) is 51.2 Å². The predicted molar refractivity (Wildman–Crippen MR) is 111 cm³/mol. The average molecular weight is 383 g/mol. The lowest BCUT2D eigenvalue weighted by Gasteiger charge is -2.51. The van der Waals surface area contributed by atoms with E-state index in [0.29, 0.717) is 0 Å². The summed E-state index contributed by atoms with van der Waals surface area (Å²) in [5.74, 6) is 0.122. The lowest BCUT2D eigenvalue weighted by atomic mass is 9.85. The molecule has 6 heteroatoms. The van der Waals surface area contributed by atoms with Crippen LogP contribution in [0, 0.1) is 0 Å². The number of fused-ring (bicyclic) bond motifs is 1. The third-order valence-electron chi connectivity index (χ3n) is 6.20. The summed E-state index contributed by atoms with van der Waals surface area (Å²) in [4.78, 5) is 24.2. The second kappa shape index (κ2) is 8.15. The molecule has 1 amide bonds. The van der Waals surface area contributed by atoms with Gasteiger partial charge in [0, 0.05) is 55.4 Å². The van der Waals surface area contributed by atoms with Gasteiger partial charge >= 0.3 is 0 Å². The molecule has 1 aromatic carbocycles. The number of hydrogen-bond donors (Lipinski definition) is 0. The van der Waals surface area contributed by atoms with Crippen molar-refractivity contribution in [3.05, 3.63) is 42.1 Å². The zero-order valence-electron chi connectivity index (χ0n) is 16.9. The van der Waals surface area contributed by atoms with Gasteiger partial charge in [0.2, 0.25) is 0 Å². The van der Waals surface area contributed by atoms with E-state index >= 15 is 0 Å². The van der Waals surface area contributed by atoms with Crippen LogP contribution in [0.2, 0.25) is 0 Å². The van der Waals surface area contributed by atoms with Crippen molar-refractivity contribution in [3.63, 3.8) is 0 Å². The summed E-state index contributed by atoms with van der Waals surface area (Å²) in [6.07, 6.45) is 3.73. The fourth-order valence-corrected chi connectivity index (χ4v) is 4.41. The van der Waals surface area contributed by atoms with E-state index < -0.39 is 0 Å². The van der Waals surface area contributed by atoms with Gasteiger partial charge in [-0.15, -0.1) is 0 Å². The highest BCUT2D eigenvalue weighted by molar-refractivity contribution is 5.98. The number of nitrogens with zero attached hydrogens (tertiary/aromatic N) is 4. The highest BCUT2D eigenvalue weighted by Gasteiger charge is 2.42. The van der Waals surface area contributed by atoms with Gasteiger partial charge < -0.3 is 14.5 Å². The van der Waals surface area contributed by atoms with Crippen LogP contribution in [0.1, 0.15) is 23.2 Å². The fraction of sp³-hybridized carbons (Fsp3) is 0.545.